The van der Waals surface area contributed by atoms with E-state index in [1.165, 1.54) is 38.9 Å². The van der Waals surface area contributed by atoms with Crippen LogP contribution in [0.25, 0.3) is 0 Å². The molecule has 0 aromatic rings. The van der Waals surface area contributed by atoms with Crippen molar-refractivity contribution in [2.75, 3.05) is 19.6 Å². The molecule has 1 radical (unpaired) electrons. The van der Waals surface area contributed by atoms with E-state index in [1.807, 2.05) is 0 Å². The van der Waals surface area contributed by atoms with Crippen LogP contribution in [0.3, 0.4) is 0 Å². The third kappa shape index (κ3) is 2.35. The zero-order chi connectivity index (χ0) is 6.53. The van der Waals surface area contributed by atoms with E-state index in [0.717, 1.165) is 0 Å². The fourth-order valence-electron chi connectivity index (χ4n) is 1.40. The first kappa shape index (κ1) is 7.07. The van der Waals surface area contributed by atoms with Crippen LogP contribution in [0.1, 0.15) is 26.2 Å². The van der Waals surface area contributed by atoms with Crippen LogP contribution >= 0.6 is 0 Å². The summed E-state index contributed by atoms with van der Waals surface area (Å²) in [5.74, 6) is 0. The van der Waals surface area contributed by atoms with Gasteiger partial charge < -0.3 is 4.90 Å². The van der Waals surface area contributed by atoms with Crippen molar-refractivity contribution in [2.45, 2.75) is 26.2 Å². The van der Waals surface area contributed by atoms with Crippen molar-refractivity contribution >= 4 is 0 Å². The van der Waals surface area contributed by atoms with Crippen LogP contribution in [0, 0.1) is 6.42 Å². The molecule has 0 bridgehead atoms. The number of hydrogen-bond acceptors (Lipinski definition) is 1. The van der Waals surface area contributed by atoms with Gasteiger partial charge in [-0.1, -0.05) is 13.3 Å². The topological polar surface area (TPSA) is 3.24 Å². The Labute approximate surface area is 58.0 Å². The van der Waals surface area contributed by atoms with Crippen LogP contribution in [0.2, 0.25) is 0 Å². The minimum atomic E-state index is 1.19. The predicted octanol–water partition coefficient (Wildman–Crippen LogP) is 1.70. The molecule has 1 fully saturated rings. The molecular weight excluding hydrogens is 110 g/mol. The molecule has 0 unspecified atom stereocenters. The zero-order valence-corrected chi connectivity index (χ0v) is 6.27. The highest BCUT2D eigenvalue weighted by atomic mass is 15.1. The molecule has 0 atom stereocenters. The highest BCUT2D eigenvalue weighted by Crippen LogP contribution is 2.07. The molecule has 1 aliphatic heterocycles. The molecule has 0 N–H and O–H groups in total. The van der Waals surface area contributed by atoms with E-state index in [2.05, 4.69) is 18.2 Å². The molecule has 9 heavy (non-hydrogen) atoms. The van der Waals surface area contributed by atoms with E-state index in [1.54, 1.807) is 0 Å². The van der Waals surface area contributed by atoms with E-state index < -0.39 is 0 Å². The first-order chi connectivity index (χ1) is 4.43. The molecule has 1 heterocycles. The summed E-state index contributed by atoms with van der Waals surface area (Å²) in [6.45, 7) is 5.98. The van der Waals surface area contributed by atoms with Gasteiger partial charge in [0.15, 0.2) is 0 Å². The van der Waals surface area contributed by atoms with Crippen LogP contribution in [0.15, 0.2) is 0 Å². The van der Waals surface area contributed by atoms with Gasteiger partial charge in [-0.05, 0) is 32.4 Å². The van der Waals surface area contributed by atoms with Gasteiger partial charge in [0, 0.05) is 6.54 Å². The van der Waals surface area contributed by atoms with Crippen LogP contribution < -0.4 is 0 Å². The first-order valence-electron chi connectivity index (χ1n) is 3.93. The Kier molecular flexibility index (Phi) is 3.05. The van der Waals surface area contributed by atoms with E-state index in [0.29, 0.717) is 0 Å². The number of likely N-dealkylation sites (tertiary alicyclic amines) is 1. The maximum Gasteiger partial charge on any atom is 0.00100 e. The summed E-state index contributed by atoms with van der Waals surface area (Å²) >= 11 is 0. The summed E-state index contributed by atoms with van der Waals surface area (Å²) in [5, 5.41) is 0. The number of nitrogens with zero attached hydrogens (tertiary/aromatic N) is 1. The Hall–Kier alpha value is -0.0400. The van der Waals surface area contributed by atoms with E-state index in [4.69, 9.17) is 0 Å². The maximum atomic E-state index is 2.52. The lowest BCUT2D eigenvalue weighted by Gasteiger charge is -2.25. The predicted molar refractivity (Wildman–Crippen MR) is 40.3 cm³/mol. The first-order valence-corrected chi connectivity index (χ1v) is 3.93. The van der Waals surface area contributed by atoms with Gasteiger partial charge in [0.25, 0.3) is 0 Å². The fourth-order valence-corrected chi connectivity index (χ4v) is 1.40. The van der Waals surface area contributed by atoms with E-state index in [9.17, 15) is 0 Å². The molecule has 0 saturated carbocycles. The smallest absolute Gasteiger partial charge is 0.00100 e. The summed E-state index contributed by atoms with van der Waals surface area (Å²) in [4.78, 5) is 2.52. The van der Waals surface area contributed by atoms with Crippen LogP contribution in [0.5, 0.6) is 0 Å². The summed E-state index contributed by atoms with van der Waals surface area (Å²) in [5.41, 5.74) is 0. The molecule has 1 saturated heterocycles. The maximum absolute atomic E-state index is 2.52. The summed E-state index contributed by atoms with van der Waals surface area (Å²) in [7, 11) is 0. The van der Waals surface area contributed by atoms with Gasteiger partial charge in [-0.15, -0.1) is 0 Å². The molecule has 53 valence electrons. The standard InChI is InChI=1S/C8H16N/c1-2-6-9-7-4-3-5-8-9/h2H,3-8H2,1H3. The molecule has 0 aromatic heterocycles. The quantitative estimate of drug-likeness (QED) is 0.544. The lowest BCUT2D eigenvalue weighted by Crippen LogP contribution is -2.30. The largest absolute Gasteiger partial charge is 0.303 e. The van der Waals surface area contributed by atoms with Crippen molar-refractivity contribution in [3.8, 4) is 0 Å². The minimum absolute atomic E-state index is 1.19. The Balaban J connectivity index is 2.08. The fraction of sp³-hybridized carbons (Fsp3) is 0.875. The monoisotopic (exact) mass is 126 g/mol. The van der Waals surface area contributed by atoms with Gasteiger partial charge >= 0.3 is 0 Å². The van der Waals surface area contributed by atoms with E-state index >= 15 is 0 Å². The van der Waals surface area contributed by atoms with Crippen LogP contribution in [-0.2, 0) is 0 Å². The number of piperidine rings is 1. The van der Waals surface area contributed by atoms with Crippen molar-refractivity contribution in [3.63, 3.8) is 0 Å². The SMILES string of the molecule is C[CH]CN1CCCCC1. The molecule has 1 rings (SSSR count). The molecule has 0 aromatic carbocycles. The Morgan fingerprint density at radius 1 is 1.22 bits per heavy atom. The molecule has 0 aliphatic carbocycles. The van der Waals surface area contributed by atoms with Crippen molar-refractivity contribution in [1.82, 2.24) is 4.90 Å². The van der Waals surface area contributed by atoms with Crippen molar-refractivity contribution in [1.29, 1.82) is 0 Å². The summed E-state index contributed by atoms with van der Waals surface area (Å²) in [6.07, 6.45) is 6.51. The Bertz CT molecular complexity index is 62.2. The highest BCUT2D eigenvalue weighted by Gasteiger charge is 2.07. The lowest BCUT2D eigenvalue weighted by atomic mass is 10.1. The van der Waals surface area contributed by atoms with Gasteiger partial charge in [0.2, 0.25) is 0 Å². The zero-order valence-electron chi connectivity index (χ0n) is 6.27. The van der Waals surface area contributed by atoms with Gasteiger partial charge in [-0.3, -0.25) is 0 Å². The van der Waals surface area contributed by atoms with E-state index in [-0.39, 0.29) is 0 Å². The van der Waals surface area contributed by atoms with Crippen molar-refractivity contribution in [3.05, 3.63) is 6.42 Å². The highest BCUT2D eigenvalue weighted by molar-refractivity contribution is 4.69. The second-order valence-electron chi connectivity index (χ2n) is 2.77. The molecule has 1 heteroatoms. The van der Waals surface area contributed by atoms with Gasteiger partial charge in [-0.2, -0.15) is 0 Å². The summed E-state index contributed by atoms with van der Waals surface area (Å²) in [6, 6.07) is 0. The Morgan fingerprint density at radius 2 is 1.89 bits per heavy atom. The molecular formula is C8H16N. The second kappa shape index (κ2) is 3.89. The number of rotatable bonds is 2. The lowest BCUT2D eigenvalue weighted by molar-refractivity contribution is 0.245. The third-order valence-corrected chi connectivity index (χ3v) is 1.89. The molecule has 0 spiro atoms. The summed E-state index contributed by atoms with van der Waals surface area (Å²) < 4.78 is 0. The number of hydrogen-bond donors (Lipinski definition) is 0. The van der Waals surface area contributed by atoms with Gasteiger partial charge in [-0.25, -0.2) is 0 Å². The second-order valence-corrected chi connectivity index (χ2v) is 2.77. The van der Waals surface area contributed by atoms with Gasteiger partial charge in [0.05, 0.1) is 0 Å². The minimum Gasteiger partial charge on any atom is -0.303 e. The molecule has 1 aliphatic rings. The molecule has 1 nitrogen and oxygen atoms in total. The third-order valence-electron chi connectivity index (χ3n) is 1.89. The van der Waals surface area contributed by atoms with Gasteiger partial charge in [0.1, 0.15) is 0 Å². The average Bonchev–Trinajstić information content (AvgIpc) is 1.91. The average molecular weight is 126 g/mol. The van der Waals surface area contributed by atoms with Crippen molar-refractivity contribution < 1.29 is 0 Å². The van der Waals surface area contributed by atoms with Crippen LogP contribution in [0.4, 0.5) is 0 Å². The Morgan fingerprint density at radius 3 is 2.44 bits per heavy atom. The molecule has 0 amide bonds. The normalized spacial score (nSPS) is 22.3. The van der Waals surface area contributed by atoms with Crippen LogP contribution in [-0.4, -0.2) is 24.5 Å². The van der Waals surface area contributed by atoms with Crippen molar-refractivity contribution in [2.24, 2.45) is 0 Å².